The Morgan fingerprint density at radius 1 is 1.38 bits per heavy atom. The molecule has 0 aromatic carbocycles. The first-order chi connectivity index (χ1) is 12.3. The number of rotatable bonds is 8. The van der Waals surface area contributed by atoms with Gasteiger partial charge in [-0.2, -0.15) is 0 Å². The molecule has 2 rings (SSSR count). The molecule has 0 saturated carbocycles. The Kier molecular flexibility index (Phi) is 6.53. The van der Waals surface area contributed by atoms with E-state index in [1.54, 1.807) is 32.2 Å². The summed E-state index contributed by atoms with van der Waals surface area (Å²) in [5.74, 6) is -0.941. The second-order valence-corrected chi connectivity index (χ2v) is 6.53. The van der Waals surface area contributed by atoms with Gasteiger partial charge in [0.05, 0.1) is 35.9 Å². The Morgan fingerprint density at radius 2 is 2.12 bits per heavy atom. The van der Waals surface area contributed by atoms with Crippen LogP contribution in [-0.4, -0.2) is 30.9 Å². The molecule has 2 heterocycles. The molecule has 0 fully saturated rings. The van der Waals surface area contributed by atoms with Crippen LogP contribution in [0, 0.1) is 6.92 Å². The molecule has 140 valence electrons. The Labute approximate surface area is 154 Å². The molecule has 0 aliphatic rings. The van der Waals surface area contributed by atoms with E-state index in [0.29, 0.717) is 11.3 Å². The lowest BCUT2D eigenvalue weighted by Gasteiger charge is -2.11. The quantitative estimate of drug-likeness (QED) is 0.604. The van der Waals surface area contributed by atoms with Crippen molar-refractivity contribution in [3.8, 4) is 0 Å². The molecule has 0 unspecified atom stereocenters. The molecular formula is C17H21N3O5S. The number of furan rings is 1. The summed E-state index contributed by atoms with van der Waals surface area (Å²) in [6.45, 7) is 5.29. The van der Waals surface area contributed by atoms with Crippen LogP contribution in [0.4, 0.5) is 5.00 Å². The minimum atomic E-state index is -0.664. The van der Waals surface area contributed by atoms with Crippen molar-refractivity contribution in [3.63, 3.8) is 0 Å². The number of hydrogen-bond donors (Lipinski definition) is 3. The molecule has 0 saturated heterocycles. The number of nitrogens with one attached hydrogen (secondary N) is 2. The summed E-state index contributed by atoms with van der Waals surface area (Å²) in [5.41, 5.74) is 5.89. The van der Waals surface area contributed by atoms with Gasteiger partial charge in [-0.1, -0.05) is 0 Å². The molecule has 9 heteroatoms. The van der Waals surface area contributed by atoms with Crippen LogP contribution in [0.5, 0.6) is 0 Å². The zero-order valence-electron chi connectivity index (χ0n) is 14.8. The molecule has 0 bridgehead atoms. The van der Waals surface area contributed by atoms with Crippen molar-refractivity contribution in [1.29, 1.82) is 0 Å². The molecule has 2 amide bonds. The van der Waals surface area contributed by atoms with Gasteiger partial charge >= 0.3 is 5.97 Å². The molecule has 0 spiro atoms. The van der Waals surface area contributed by atoms with E-state index in [9.17, 15) is 14.4 Å². The SMILES string of the molecule is CCOC(=O)c1c(NC(=O)CN[C@@H](C)c2ccco2)sc(C(N)=O)c1C. The van der Waals surface area contributed by atoms with Crippen LogP contribution in [0.1, 0.15) is 51.2 Å². The first kappa shape index (κ1) is 19.7. The number of carbonyl (C=O) groups is 3. The van der Waals surface area contributed by atoms with Gasteiger partial charge < -0.3 is 20.2 Å². The third kappa shape index (κ3) is 4.50. The maximum absolute atomic E-state index is 12.2. The molecule has 4 N–H and O–H groups in total. The number of amides is 2. The molecular weight excluding hydrogens is 358 g/mol. The molecule has 1 atom stereocenters. The average molecular weight is 379 g/mol. The van der Waals surface area contributed by atoms with Crippen LogP contribution >= 0.6 is 11.3 Å². The molecule has 0 aliphatic carbocycles. The molecule has 26 heavy (non-hydrogen) atoms. The van der Waals surface area contributed by atoms with Crippen molar-refractivity contribution in [3.05, 3.63) is 40.2 Å². The van der Waals surface area contributed by atoms with Gasteiger partial charge in [-0.3, -0.25) is 14.9 Å². The van der Waals surface area contributed by atoms with E-state index in [4.69, 9.17) is 14.9 Å². The van der Waals surface area contributed by atoms with Crippen molar-refractivity contribution in [1.82, 2.24) is 5.32 Å². The largest absolute Gasteiger partial charge is 0.468 e. The first-order valence-corrected chi connectivity index (χ1v) is 8.83. The number of thiophene rings is 1. The number of ether oxygens (including phenoxy) is 1. The Morgan fingerprint density at radius 3 is 2.69 bits per heavy atom. The minimum absolute atomic E-state index is 0.00696. The van der Waals surface area contributed by atoms with Crippen LogP contribution < -0.4 is 16.4 Å². The number of nitrogens with two attached hydrogens (primary N) is 1. The van der Waals surface area contributed by atoms with Gasteiger partial charge in [-0.25, -0.2) is 4.79 Å². The lowest BCUT2D eigenvalue weighted by Crippen LogP contribution is -2.30. The summed E-state index contributed by atoms with van der Waals surface area (Å²) in [7, 11) is 0. The van der Waals surface area contributed by atoms with Crippen molar-refractivity contribution in [2.24, 2.45) is 5.73 Å². The van der Waals surface area contributed by atoms with Gasteiger partial charge in [-0.15, -0.1) is 11.3 Å². The maximum Gasteiger partial charge on any atom is 0.341 e. The fourth-order valence-corrected chi connectivity index (χ4v) is 3.40. The van der Waals surface area contributed by atoms with Gasteiger partial charge in [-0.05, 0) is 38.5 Å². The van der Waals surface area contributed by atoms with E-state index in [1.165, 1.54) is 0 Å². The van der Waals surface area contributed by atoms with Crippen LogP contribution in [0.3, 0.4) is 0 Å². The highest BCUT2D eigenvalue weighted by molar-refractivity contribution is 7.18. The summed E-state index contributed by atoms with van der Waals surface area (Å²) in [5, 5.41) is 5.90. The lowest BCUT2D eigenvalue weighted by molar-refractivity contribution is -0.115. The highest BCUT2D eigenvalue weighted by atomic mass is 32.1. The fraction of sp³-hybridized carbons (Fsp3) is 0.353. The second-order valence-electron chi connectivity index (χ2n) is 5.51. The number of carbonyl (C=O) groups excluding carboxylic acids is 3. The number of anilines is 1. The monoisotopic (exact) mass is 379 g/mol. The van der Waals surface area contributed by atoms with Crippen molar-refractivity contribution < 1.29 is 23.5 Å². The summed E-state index contributed by atoms with van der Waals surface area (Å²) >= 11 is 0.955. The van der Waals surface area contributed by atoms with Crippen LogP contribution in [-0.2, 0) is 9.53 Å². The van der Waals surface area contributed by atoms with E-state index in [2.05, 4.69) is 10.6 Å². The predicted molar refractivity (Wildman–Crippen MR) is 97.3 cm³/mol. The van der Waals surface area contributed by atoms with Crippen molar-refractivity contribution in [2.45, 2.75) is 26.8 Å². The zero-order valence-corrected chi connectivity index (χ0v) is 15.6. The Hall–Kier alpha value is -2.65. The number of primary amides is 1. The Balaban J connectivity index is 2.11. The standard InChI is InChI=1S/C17H21N3O5S/c1-4-24-17(23)13-9(2)14(15(18)22)26-16(13)20-12(21)8-19-10(3)11-6-5-7-25-11/h5-7,10,19H,4,8H2,1-3H3,(H2,18,22)(H,20,21)/t10-/m0/s1. The molecule has 2 aromatic rings. The van der Waals surface area contributed by atoms with Gasteiger partial charge in [0.25, 0.3) is 5.91 Å². The topological polar surface area (TPSA) is 124 Å². The fourth-order valence-electron chi connectivity index (χ4n) is 2.34. The summed E-state index contributed by atoms with van der Waals surface area (Å²) in [6.07, 6.45) is 1.55. The third-order valence-electron chi connectivity index (χ3n) is 3.64. The lowest BCUT2D eigenvalue weighted by atomic mass is 10.1. The number of hydrogen-bond acceptors (Lipinski definition) is 7. The minimum Gasteiger partial charge on any atom is -0.468 e. The average Bonchev–Trinajstić information content (AvgIpc) is 3.21. The summed E-state index contributed by atoms with van der Waals surface area (Å²) < 4.78 is 10.3. The summed E-state index contributed by atoms with van der Waals surface area (Å²) in [6, 6.07) is 3.40. The molecule has 0 radical (unpaired) electrons. The molecule has 0 aliphatic heterocycles. The third-order valence-corrected chi connectivity index (χ3v) is 4.86. The Bertz CT molecular complexity index is 798. The van der Waals surface area contributed by atoms with Gasteiger partial charge in [0.1, 0.15) is 10.8 Å². The maximum atomic E-state index is 12.2. The van der Waals surface area contributed by atoms with E-state index in [0.717, 1.165) is 11.3 Å². The molecule has 8 nitrogen and oxygen atoms in total. The zero-order chi connectivity index (χ0) is 19.3. The van der Waals surface area contributed by atoms with Crippen molar-refractivity contribution in [2.75, 3.05) is 18.5 Å². The number of esters is 1. The van der Waals surface area contributed by atoms with E-state index >= 15 is 0 Å². The van der Waals surface area contributed by atoms with E-state index in [-0.39, 0.29) is 40.5 Å². The van der Waals surface area contributed by atoms with Gasteiger partial charge in [0.15, 0.2) is 0 Å². The first-order valence-electron chi connectivity index (χ1n) is 8.02. The van der Waals surface area contributed by atoms with Crippen LogP contribution in [0.2, 0.25) is 0 Å². The van der Waals surface area contributed by atoms with Crippen LogP contribution in [0.15, 0.2) is 22.8 Å². The summed E-state index contributed by atoms with van der Waals surface area (Å²) in [4.78, 5) is 36.2. The normalized spacial score (nSPS) is 11.8. The van der Waals surface area contributed by atoms with Gasteiger partial charge in [0, 0.05) is 0 Å². The van der Waals surface area contributed by atoms with E-state index < -0.39 is 11.9 Å². The predicted octanol–water partition coefficient (Wildman–Crippen LogP) is 2.21. The van der Waals surface area contributed by atoms with E-state index in [1.807, 2.05) is 6.92 Å². The van der Waals surface area contributed by atoms with Gasteiger partial charge in [0.2, 0.25) is 5.91 Å². The van der Waals surface area contributed by atoms with Crippen molar-refractivity contribution >= 4 is 34.1 Å². The van der Waals surface area contributed by atoms with Crippen LogP contribution in [0.25, 0.3) is 0 Å². The molecule has 2 aromatic heterocycles. The smallest absolute Gasteiger partial charge is 0.341 e. The highest BCUT2D eigenvalue weighted by Gasteiger charge is 2.25. The second kappa shape index (κ2) is 8.63. The highest BCUT2D eigenvalue weighted by Crippen LogP contribution is 2.33.